The summed E-state index contributed by atoms with van der Waals surface area (Å²) in [5.41, 5.74) is 0. The quantitative estimate of drug-likeness (QED) is 0.437. The molecule has 0 aliphatic carbocycles. The monoisotopic (exact) mass is 215 g/mol. The van der Waals surface area contributed by atoms with Gasteiger partial charge in [-0.15, -0.1) is 0 Å². The van der Waals surface area contributed by atoms with Crippen molar-refractivity contribution in [2.75, 3.05) is 27.2 Å². The Morgan fingerprint density at radius 1 is 1.13 bits per heavy atom. The predicted octanol–water partition coefficient (Wildman–Crippen LogP) is 2.45. The Morgan fingerprint density at radius 2 is 1.80 bits per heavy atom. The summed E-state index contributed by atoms with van der Waals surface area (Å²) in [6, 6.07) is 0. The molecule has 0 fully saturated rings. The van der Waals surface area contributed by atoms with E-state index in [0.29, 0.717) is 6.42 Å². The van der Waals surface area contributed by atoms with Gasteiger partial charge in [-0.25, -0.2) is 0 Å². The highest BCUT2D eigenvalue weighted by Gasteiger charge is 2.02. The summed E-state index contributed by atoms with van der Waals surface area (Å²) >= 11 is 0. The lowest BCUT2D eigenvalue weighted by Crippen LogP contribution is -2.21. The molecule has 0 saturated heterocycles. The van der Waals surface area contributed by atoms with Gasteiger partial charge in [0, 0.05) is 6.42 Å². The highest BCUT2D eigenvalue weighted by molar-refractivity contribution is 5.69. The van der Waals surface area contributed by atoms with Gasteiger partial charge in [-0.3, -0.25) is 4.79 Å². The molecule has 0 bridgehead atoms. The van der Waals surface area contributed by atoms with Crippen LogP contribution in [0.4, 0.5) is 0 Å². The summed E-state index contributed by atoms with van der Waals surface area (Å²) in [5.74, 6) is -0.102. The molecule has 0 aromatic carbocycles. The number of rotatable bonds is 9. The minimum atomic E-state index is -0.102. The smallest absolute Gasteiger partial charge is 0.305 e. The summed E-state index contributed by atoms with van der Waals surface area (Å²) in [4.78, 5) is 13.1. The molecule has 0 unspecified atom stereocenters. The van der Waals surface area contributed by atoms with Crippen molar-refractivity contribution in [2.45, 2.75) is 45.4 Å². The second kappa shape index (κ2) is 9.97. The Bertz CT molecular complexity index is 160. The van der Waals surface area contributed by atoms with Crippen LogP contribution in [0.3, 0.4) is 0 Å². The minimum Gasteiger partial charge on any atom is -0.469 e. The highest BCUT2D eigenvalue weighted by atomic mass is 16.5. The fraction of sp³-hybridized carbons (Fsp3) is 0.917. The zero-order chi connectivity index (χ0) is 11.5. The van der Waals surface area contributed by atoms with Gasteiger partial charge in [-0.2, -0.15) is 0 Å². The minimum absolute atomic E-state index is 0.102. The second-order valence-corrected chi connectivity index (χ2v) is 4.04. The van der Waals surface area contributed by atoms with Crippen molar-refractivity contribution in [1.29, 1.82) is 0 Å². The van der Waals surface area contributed by atoms with E-state index >= 15 is 0 Å². The van der Waals surface area contributed by atoms with Crippen LogP contribution in [-0.2, 0) is 9.53 Å². The molecule has 0 aromatic rings. The van der Waals surface area contributed by atoms with Crippen molar-refractivity contribution >= 4 is 5.97 Å². The van der Waals surface area contributed by atoms with E-state index in [4.69, 9.17) is 0 Å². The first-order valence-corrected chi connectivity index (χ1v) is 5.96. The SMILES string of the molecule is CCCCCCN(C)CCCC(=O)OC. The summed E-state index contributed by atoms with van der Waals surface area (Å²) in [7, 11) is 3.56. The molecule has 15 heavy (non-hydrogen) atoms. The van der Waals surface area contributed by atoms with Crippen LogP contribution in [0, 0.1) is 0 Å². The Hall–Kier alpha value is -0.570. The van der Waals surface area contributed by atoms with Crippen LogP contribution >= 0.6 is 0 Å². The van der Waals surface area contributed by atoms with E-state index in [-0.39, 0.29) is 5.97 Å². The van der Waals surface area contributed by atoms with Gasteiger partial charge in [0.1, 0.15) is 0 Å². The first kappa shape index (κ1) is 14.4. The molecule has 0 aromatic heterocycles. The van der Waals surface area contributed by atoms with E-state index in [1.165, 1.54) is 32.8 Å². The van der Waals surface area contributed by atoms with E-state index in [1.807, 2.05) is 0 Å². The van der Waals surface area contributed by atoms with Crippen LogP contribution in [0.1, 0.15) is 45.4 Å². The van der Waals surface area contributed by atoms with Gasteiger partial charge in [0.15, 0.2) is 0 Å². The van der Waals surface area contributed by atoms with E-state index < -0.39 is 0 Å². The number of esters is 1. The van der Waals surface area contributed by atoms with Gasteiger partial charge in [-0.1, -0.05) is 26.2 Å². The summed E-state index contributed by atoms with van der Waals surface area (Å²) < 4.78 is 4.59. The molecule has 0 spiro atoms. The van der Waals surface area contributed by atoms with Crippen molar-refractivity contribution in [3.05, 3.63) is 0 Å². The molecule has 3 heteroatoms. The van der Waals surface area contributed by atoms with Gasteiger partial charge < -0.3 is 9.64 Å². The average molecular weight is 215 g/mol. The standard InChI is InChI=1S/C12H25NO2/c1-4-5-6-7-10-13(2)11-8-9-12(14)15-3/h4-11H2,1-3H3. The highest BCUT2D eigenvalue weighted by Crippen LogP contribution is 2.01. The van der Waals surface area contributed by atoms with Gasteiger partial charge in [0.05, 0.1) is 7.11 Å². The first-order valence-electron chi connectivity index (χ1n) is 5.96. The second-order valence-electron chi connectivity index (χ2n) is 4.04. The van der Waals surface area contributed by atoms with Gasteiger partial charge in [0.25, 0.3) is 0 Å². The summed E-state index contributed by atoms with van der Waals surface area (Å²) in [6.45, 7) is 4.35. The topological polar surface area (TPSA) is 29.5 Å². The van der Waals surface area contributed by atoms with E-state index in [0.717, 1.165) is 19.5 Å². The molecule has 0 rings (SSSR count). The lowest BCUT2D eigenvalue weighted by Gasteiger charge is -2.15. The fourth-order valence-corrected chi connectivity index (χ4v) is 1.52. The zero-order valence-electron chi connectivity index (χ0n) is 10.4. The molecule has 0 saturated carbocycles. The number of nitrogens with zero attached hydrogens (tertiary/aromatic N) is 1. The third-order valence-corrected chi connectivity index (χ3v) is 2.54. The van der Waals surface area contributed by atoms with Crippen molar-refractivity contribution in [3.63, 3.8) is 0 Å². The van der Waals surface area contributed by atoms with Crippen molar-refractivity contribution in [1.82, 2.24) is 4.90 Å². The molecular weight excluding hydrogens is 190 g/mol. The molecule has 0 N–H and O–H groups in total. The van der Waals surface area contributed by atoms with Gasteiger partial charge in [0.2, 0.25) is 0 Å². The third-order valence-electron chi connectivity index (χ3n) is 2.54. The zero-order valence-corrected chi connectivity index (χ0v) is 10.4. The van der Waals surface area contributed by atoms with Crippen molar-refractivity contribution in [3.8, 4) is 0 Å². The van der Waals surface area contributed by atoms with Crippen LogP contribution in [0.5, 0.6) is 0 Å². The Kier molecular flexibility index (Phi) is 9.59. The normalized spacial score (nSPS) is 10.7. The van der Waals surface area contributed by atoms with Crippen molar-refractivity contribution in [2.24, 2.45) is 0 Å². The Balaban J connectivity index is 3.25. The lowest BCUT2D eigenvalue weighted by molar-refractivity contribution is -0.140. The number of unbranched alkanes of at least 4 members (excludes halogenated alkanes) is 3. The van der Waals surface area contributed by atoms with Crippen LogP contribution in [-0.4, -0.2) is 38.1 Å². The molecule has 0 amide bonds. The largest absolute Gasteiger partial charge is 0.469 e. The molecule has 3 nitrogen and oxygen atoms in total. The summed E-state index contributed by atoms with van der Waals surface area (Å²) in [6.07, 6.45) is 6.63. The van der Waals surface area contributed by atoms with Gasteiger partial charge in [-0.05, 0) is 33.0 Å². The number of ether oxygens (including phenoxy) is 1. The molecule has 0 aliphatic rings. The van der Waals surface area contributed by atoms with E-state index in [2.05, 4.69) is 23.6 Å². The molecular formula is C12H25NO2. The summed E-state index contributed by atoms with van der Waals surface area (Å²) in [5, 5.41) is 0. The molecule has 0 atom stereocenters. The molecule has 0 aliphatic heterocycles. The molecule has 0 heterocycles. The maximum absolute atomic E-state index is 10.9. The Labute approximate surface area is 93.8 Å². The first-order chi connectivity index (χ1) is 7.20. The molecule has 0 radical (unpaired) electrons. The number of carbonyl (C=O) groups is 1. The Morgan fingerprint density at radius 3 is 2.40 bits per heavy atom. The van der Waals surface area contributed by atoms with E-state index in [9.17, 15) is 4.79 Å². The maximum Gasteiger partial charge on any atom is 0.305 e. The van der Waals surface area contributed by atoms with Gasteiger partial charge >= 0.3 is 5.97 Å². The number of hydrogen-bond acceptors (Lipinski definition) is 3. The fourth-order valence-electron chi connectivity index (χ4n) is 1.52. The third kappa shape index (κ3) is 9.73. The van der Waals surface area contributed by atoms with Crippen LogP contribution in [0.25, 0.3) is 0 Å². The van der Waals surface area contributed by atoms with Crippen LogP contribution in [0.2, 0.25) is 0 Å². The molecule has 90 valence electrons. The van der Waals surface area contributed by atoms with E-state index in [1.54, 1.807) is 0 Å². The maximum atomic E-state index is 10.9. The van der Waals surface area contributed by atoms with Crippen molar-refractivity contribution < 1.29 is 9.53 Å². The number of methoxy groups -OCH3 is 1. The number of carbonyl (C=O) groups excluding carboxylic acids is 1. The van der Waals surface area contributed by atoms with Crippen LogP contribution in [0.15, 0.2) is 0 Å². The predicted molar refractivity (Wildman–Crippen MR) is 62.9 cm³/mol. The number of hydrogen-bond donors (Lipinski definition) is 0. The lowest BCUT2D eigenvalue weighted by atomic mass is 10.2. The average Bonchev–Trinajstić information content (AvgIpc) is 2.24. The van der Waals surface area contributed by atoms with Crippen LogP contribution < -0.4 is 0 Å².